The monoisotopic (exact) mass is 1110 g/mol. The number of aromatic amines is 1. The van der Waals surface area contributed by atoms with Gasteiger partial charge in [-0.25, -0.2) is 9.78 Å². The molecule has 7 amide bonds. The molecule has 28 heteroatoms. The van der Waals surface area contributed by atoms with Crippen LogP contribution in [0.2, 0.25) is 0 Å². The molecule has 0 aliphatic carbocycles. The van der Waals surface area contributed by atoms with Gasteiger partial charge in [0.2, 0.25) is 41.4 Å². The summed E-state index contributed by atoms with van der Waals surface area (Å²) in [6.07, 6.45) is 2.55. The van der Waals surface area contributed by atoms with Crippen molar-refractivity contribution in [2.75, 3.05) is 13.1 Å². The lowest BCUT2D eigenvalue weighted by Crippen LogP contribution is -2.62. The largest absolute Gasteiger partial charge is 0.508 e. The highest BCUT2D eigenvalue weighted by molar-refractivity contribution is 5.98. The number of hydrogen-bond acceptors (Lipinski definition) is 14. The first-order chi connectivity index (χ1) is 36.8. The first-order valence-corrected chi connectivity index (χ1v) is 25.1. The molecule has 2 heterocycles. The predicted molar refractivity (Wildman–Crippen MR) is 285 cm³/mol. The summed E-state index contributed by atoms with van der Waals surface area (Å²) in [5.74, 6) is -10.6. The maximum Gasteiger partial charge on any atom is 0.326 e. The lowest BCUT2D eigenvalue weighted by Gasteiger charge is -2.31. The van der Waals surface area contributed by atoms with E-state index in [1.54, 1.807) is 58.0 Å². The Hall–Kier alpha value is -8.66. The molecule has 2 aromatic carbocycles. The Kier molecular flexibility index (Phi) is 27.6. The van der Waals surface area contributed by atoms with Crippen LogP contribution in [-0.4, -0.2) is 167 Å². The summed E-state index contributed by atoms with van der Waals surface area (Å²) in [5.41, 5.74) is 18.2. The first-order valence-electron chi connectivity index (χ1n) is 25.1. The van der Waals surface area contributed by atoms with Crippen LogP contribution < -0.4 is 49.1 Å². The van der Waals surface area contributed by atoms with Crippen molar-refractivity contribution in [3.05, 3.63) is 83.9 Å². The van der Waals surface area contributed by atoms with E-state index >= 15 is 0 Å². The summed E-state index contributed by atoms with van der Waals surface area (Å²) >= 11 is 0. The summed E-state index contributed by atoms with van der Waals surface area (Å²) < 4.78 is 0. The Labute approximate surface area is 455 Å². The van der Waals surface area contributed by atoms with Gasteiger partial charge in [0.15, 0.2) is 5.96 Å². The normalized spacial score (nSPS) is 15.3. The van der Waals surface area contributed by atoms with Crippen LogP contribution in [0.25, 0.3) is 0 Å². The number of imidazole rings is 1. The van der Waals surface area contributed by atoms with E-state index in [0.717, 1.165) is 6.92 Å². The van der Waals surface area contributed by atoms with Crippen molar-refractivity contribution in [1.82, 2.24) is 46.8 Å². The third-order valence-electron chi connectivity index (χ3n) is 12.1. The van der Waals surface area contributed by atoms with Gasteiger partial charge in [0.1, 0.15) is 48.0 Å². The number of amides is 7. The molecule has 1 aliphatic heterocycles. The zero-order valence-corrected chi connectivity index (χ0v) is 44.6. The van der Waals surface area contributed by atoms with E-state index in [4.69, 9.17) is 32.2 Å². The van der Waals surface area contributed by atoms with Gasteiger partial charge < -0.3 is 84.9 Å². The zero-order chi connectivity index (χ0) is 58.2. The number of rotatable bonds is 28. The molecular formula is C51H75N13O15. The Balaban J connectivity index is 0.00000412. The molecule has 8 atom stereocenters. The number of hydrogen-bond donors (Lipinski definition) is 14. The molecule has 8 unspecified atom stereocenters. The van der Waals surface area contributed by atoms with E-state index < -0.39 is 126 Å². The second kappa shape index (κ2) is 32.8. The number of nitrogens with two attached hydrogens (primary N) is 3. The first kappa shape index (κ1) is 66.5. The van der Waals surface area contributed by atoms with Crippen LogP contribution in [0.5, 0.6) is 5.75 Å². The van der Waals surface area contributed by atoms with Crippen LogP contribution in [0.4, 0.5) is 0 Å². The summed E-state index contributed by atoms with van der Waals surface area (Å²) in [4.78, 5) is 143. The van der Waals surface area contributed by atoms with Crippen LogP contribution in [0.3, 0.4) is 0 Å². The number of guanidine groups is 1. The quantitative estimate of drug-likeness (QED) is 0.0204. The van der Waals surface area contributed by atoms with Crippen LogP contribution in [-0.2, 0) is 67.2 Å². The van der Waals surface area contributed by atoms with Crippen molar-refractivity contribution in [2.45, 2.75) is 134 Å². The van der Waals surface area contributed by atoms with Crippen molar-refractivity contribution in [3.8, 4) is 5.75 Å². The van der Waals surface area contributed by atoms with Crippen molar-refractivity contribution in [2.24, 2.45) is 34.0 Å². The number of aromatic nitrogens is 2. The maximum absolute atomic E-state index is 14.5. The molecule has 0 saturated carbocycles. The molecule has 1 saturated heterocycles. The number of phenols is 1. The van der Waals surface area contributed by atoms with Gasteiger partial charge in [-0.3, -0.25) is 48.1 Å². The number of carboxylic acid groups (broad SMARTS) is 3. The minimum absolute atomic E-state index is 0. The van der Waals surface area contributed by atoms with Gasteiger partial charge in [0, 0.05) is 51.2 Å². The van der Waals surface area contributed by atoms with Gasteiger partial charge in [-0.15, -0.1) is 0 Å². The Morgan fingerprint density at radius 3 is 1.76 bits per heavy atom. The number of nitrogens with one attached hydrogen (secondary N) is 7. The van der Waals surface area contributed by atoms with E-state index in [2.05, 4.69) is 46.9 Å². The molecule has 1 aromatic heterocycles. The average Bonchev–Trinajstić information content (AvgIpc) is 4.09. The van der Waals surface area contributed by atoms with Crippen molar-refractivity contribution >= 4 is 65.2 Å². The lowest BCUT2D eigenvalue weighted by molar-refractivity contribution is -0.145. The summed E-state index contributed by atoms with van der Waals surface area (Å²) in [6, 6.07) is 3.91. The van der Waals surface area contributed by atoms with Crippen molar-refractivity contribution in [3.63, 3.8) is 0 Å². The lowest BCUT2D eigenvalue weighted by atomic mass is 9.98. The minimum atomic E-state index is -1.51. The van der Waals surface area contributed by atoms with E-state index in [9.17, 15) is 53.4 Å². The molecule has 434 valence electrons. The van der Waals surface area contributed by atoms with Gasteiger partial charge in [-0.1, -0.05) is 70.2 Å². The number of phenolic OH excluding ortho intramolecular Hbond substituents is 1. The van der Waals surface area contributed by atoms with Gasteiger partial charge in [-0.05, 0) is 60.8 Å². The molecule has 1 fully saturated rings. The number of likely N-dealkylation sites (tertiary alicyclic amines) is 1. The van der Waals surface area contributed by atoms with Crippen LogP contribution >= 0.6 is 0 Å². The average molecular weight is 1110 g/mol. The third kappa shape index (κ3) is 22.8. The van der Waals surface area contributed by atoms with E-state index in [-0.39, 0.29) is 68.8 Å². The molecular weight excluding hydrogens is 1030 g/mol. The van der Waals surface area contributed by atoms with Gasteiger partial charge in [0.05, 0.1) is 18.8 Å². The number of H-pyrrole nitrogens is 1. The summed E-state index contributed by atoms with van der Waals surface area (Å²) in [5, 5.41) is 52.3. The fourth-order valence-electron chi connectivity index (χ4n) is 8.15. The molecule has 1 aliphatic rings. The highest BCUT2D eigenvalue weighted by atomic mass is 16.4. The summed E-state index contributed by atoms with van der Waals surface area (Å²) in [7, 11) is 0. The van der Waals surface area contributed by atoms with Crippen LogP contribution in [0.15, 0.2) is 72.1 Å². The number of benzene rings is 2. The molecule has 28 nitrogen and oxygen atoms in total. The van der Waals surface area contributed by atoms with Crippen molar-refractivity contribution < 1.29 is 73.8 Å². The molecule has 0 radical (unpaired) electrons. The van der Waals surface area contributed by atoms with Gasteiger partial charge in [-0.2, -0.15) is 0 Å². The van der Waals surface area contributed by atoms with Gasteiger partial charge in [0.25, 0.3) is 5.97 Å². The molecule has 0 spiro atoms. The van der Waals surface area contributed by atoms with Crippen LogP contribution in [0.1, 0.15) is 83.5 Å². The number of aliphatic imine (C=N–C) groups is 1. The van der Waals surface area contributed by atoms with Crippen LogP contribution in [0, 0.1) is 11.8 Å². The number of carbonyl (C=O) groups is 10. The van der Waals surface area contributed by atoms with E-state index in [0.29, 0.717) is 23.2 Å². The number of nitrogens with zero attached hydrogens (tertiary/aromatic N) is 3. The molecule has 19 N–H and O–H groups in total. The third-order valence-corrected chi connectivity index (χ3v) is 12.1. The number of carbonyl (C=O) groups excluding carboxylic acids is 7. The second-order valence-corrected chi connectivity index (χ2v) is 19.2. The second-order valence-electron chi connectivity index (χ2n) is 19.2. The zero-order valence-electron chi connectivity index (χ0n) is 44.6. The molecule has 3 aromatic rings. The standard InChI is InChI=1S/C49H69N13O12.C2H4O2.H2O/c1-26(2)39(60-42(67)33(12-8-18-54-49(51)52)56-41(66)32(50)23-38(64)65)45(70)57-34(20-29-14-16-31(63)17-15-29)43(68)61-40(27(3)4)46(71)58-35(22-30-24-53-25-55-30)47(72)62-19-9-13-37(62)44(69)59-36(48(73)74)21-28-10-6-5-7-11-28;1-2(3)4;/h5-7,10-11,14-17,24-27,32-37,39-40,63H,8-9,12-13,18-23,50H2,1-4H3,(H,53,55)(H,56,66)(H,57,70)(H,58,71)(H,59,69)(H,60,67)(H,61,68)(H,64,65)(H,73,74)(H4,51,52,54);1H3,(H,3,4);1H2. The number of carboxylic acids is 3. The summed E-state index contributed by atoms with van der Waals surface area (Å²) in [6.45, 7) is 7.79. The maximum atomic E-state index is 14.5. The Bertz CT molecular complexity index is 2540. The molecule has 79 heavy (non-hydrogen) atoms. The van der Waals surface area contributed by atoms with E-state index in [1.807, 2.05) is 0 Å². The predicted octanol–water partition coefficient (Wildman–Crippen LogP) is -2.44. The highest BCUT2D eigenvalue weighted by Crippen LogP contribution is 2.21. The number of aliphatic carboxylic acids is 3. The topological polar surface area (TPSA) is 478 Å². The fraction of sp³-hybridized carbons (Fsp3) is 0.490. The highest BCUT2D eigenvalue weighted by Gasteiger charge is 2.41. The number of aromatic hydroxyl groups is 1. The van der Waals surface area contributed by atoms with Crippen molar-refractivity contribution in [1.29, 1.82) is 0 Å². The minimum Gasteiger partial charge on any atom is -0.508 e. The smallest absolute Gasteiger partial charge is 0.326 e. The molecule has 0 bridgehead atoms. The fourth-order valence-corrected chi connectivity index (χ4v) is 8.15. The molecule has 4 rings (SSSR count). The Morgan fingerprint density at radius 1 is 0.709 bits per heavy atom. The van der Waals surface area contributed by atoms with Gasteiger partial charge >= 0.3 is 11.9 Å². The Morgan fingerprint density at radius 2 is 1.24 bits per heavy atom. The van der Waals surface area contributed by atoms with E-state index in [1.165, 1.54) is 41.7 Å². The SMILES string of the molecule is CC(=O)O.CC(C)C(NC(=O)C(CCCN=C(N)N)NC(=O)C(N)CC(=O)O)C(=O)NC(Cc1ccc(O)cc1)C(=O)NC(C(=O)NC(Cc1cnc[nH]1)C(=O)N1CCCC1C(=O)NC(Cc1ccccc1)C(=O)O)C(C)C.O.